The number of carbonyl (C=O) groups is 1. The van der Waals surface area contributed by atoms with Gasteiger partial charge in [-0.05, 0) is 19.4 Å². The molecule has 0 heterocycles. The number of halogens is 1. The van der Waals surface area contributed by atoms with Gasteiger partial charge in [-0.15, -0.1) is 0 Å². The van der Waals surface area contributed by atoms with E-state index in [1.165, 1.54) is 6.07 Å². The fourth-order valence-electron chi connectivity index (χ4n) is 1.58. The molecule has 0 saturated heterocycles. The van der Waals surface area contributed by atoms with E-state index < -0.39 is 10.9 Å². The highest BCUT2D eigenvalue weighted by Crippen LogP contribution is 2.24. The van der Waals surface area contributed by atoms with Crippen LogP contribution < -0.4 is 0 Å². The Morgan fingerprint density at radius 3 is 2.80 bits per heavy atom. The number of rotatable bonds is 6. The molecule has 0 saturated carbocycles. The van der Waals surface area contributed by atoms with E-state index in [0.29, 0.717) is 10.0 Å². The molecule has 0 bridgehead atoms. The Morgan fingerprint density at radius 2 is 2.25 bits per heavy atom. The molecule has 0 unspecified atom stereocenters. The molecule has 0 fully saturated rings. The molecule has 0 spiro atoms. The summed E-state index contributed by atoms with van der Waals surface area (Å²) in [5.74, 6) is -0.727. The van der Waals surface area contributed by atoms with Gasteiger partial charge in [0.1, 0.15) is 0 Å². The van der Waals surface area contributed by atoms with Crippen LogP contribution >= 0.6 is 15.9 Å². The van der Waals surface area contributed by atoms with E-state index in [9.17, 15) is 14.9 Å². The first-order chi connectivity index (χ1) is 9.49. The lowest BCUT2D eigenvalue weighted by Gasteiger charge is -2.05. The molecular formula is C12H13BrN2O5. The van der Waals surface area contributed by atoms with E-state index in [4.69, 9.17) is 9.94 Å². The summed E-state index contributed by atoms with van der Waals surface area (Å²) in [7, 11) is 0. The molecule has 0 radical (unpaired) electrons. The van der Waals surface area contributed by atoms with Crippen LogP contribution in [0.2, 0.25) is 0 Å². The highest BCUT2D eigenvalue weighted by Gasteiger charge is 2.18. The number of ether oxygens (including phenoxy) is 1. The molecule has 1 rings (SSSR count). The summed E-state index contributed by atoms with van der Waals surface area (Å²) >= 11 is 3.16. The fraction of sp³-hybridized carbons (Fsp3) is 0.333. The third kappa shape index (κ3) is 4.30. The fourth-order valence-corrected chi connectivity index (χ4v) is 1.93. The van der Waals surface area contributed by atoms with Gasteiger partial charge >= 0.3 is 5.97 Å². The van der Waals surface area contributed by atoms with Crippen LogP contribution in [0.4, 0.5) is 5.69 Å². The van der Waals surface area contributed by atoms with Crippen molar-refractivity contribution in [3.8, 4) is 0 Å². The molecule has 1 N–H and O–H groups in total. The summed E-state index contributed by atoms with van der Waals surface area (Å²) in [5, 5.41) is 22.6. The minimum Gasteiger partial charge on any atom is -0.461 e. The number of oxime groups is 1. The van der Waals surface area contributed by atoms with Gasteiger partial charge in [-0.3, -0.25) is 10.1 Å². The van der Waals surface area contributed by atoms with Crippen molar-refractivity contribution in [2.45, 2.75) is 19.8 Å². The lowest BCUT2D eigenvalue weighted by Crippen LogP contribution is -2.18. The number of nitro benzene ring substituents is 1. The first-order valence-electron chi connectivity index (χ1n) is 5.80. The highest BCUT2D eigenvalue weighted by atomic mass is 79.9. The lowest BCUT2D eigenvalue weighted by atomic mass is 10.1. The van der Waals surface area contributed by atoms with Crippen LogP contribution in [0.15, 0.2) is 27.8 Å². The van der Waals surface area contributed by atoms with Crippen molar-refractivity contribution in [3.05, 3.63) is 38.3 Å². The Labute approximate surface area is 123 Å². The van der Waals surface area contributed by atoms with E-state index in [-0.39, 0.29) is 30.8 Å². The number of benzene rings is 1. The summed E-state index contributed by atoms with van der Waals surface area (Å²) in [6.07, 6.45) is 0.250. The SMILES string of the molecule is CCOC(=O)C(CCc1ccc(Br)cc1[N+](=O)[O-])=NO. The van der Waals surface area contributed by atoms with Crippen LogP contribution in [0.5, 0.6) is 0 Å². The van der Waals surface area contributed by atoms with Crippen molar-refractivity contribution in [2.24, 2.45) is 5.16 Å². The molecule has 7 nitrogen and oxygen atoms in total. The van der Waals surface area contributed by atoms with E-state index in [2.05, 4.69) is 21.1 Å². The second kappa shape index (κ2) is 7.59. The van der Waals surface area contributed by atoms with Crippen molar-refractivity contribution in [1.82, 2.24) is 0 Å². The molecule has 1 aromatic carbocycles. The van der Waals surface area contributed by atoms with Crippen molar-refractivity contribution in [1.29, 1.82) is 0 Å². The first kappa shape index (κ1) is 16.1. The molecule has 1 aromatic rings. The number of nitro groups is 1. The molecule has 108 valence electrons. The van der Waals surface area contributed by atoms with Crippen molar-refractivity contribution >= 4 is 33.3 Å². The number of esters is 1. The number of aryl methyl sites for hydroxylation is 1. The van der Waals surface area contributed by atoms with Gasteiger partial charge in [0.15, 0.2) is 5.71 Å². The first-order valence-corrected chi connectivity index (χ1v) is 6.59. The van der Waals surface area contributed by atoms with Gasteiger partial charge < -0.3 is 9.94 Å². The van der Waals surface area contributed by atoms with Gasteiger partial charge in [-0.1, -0.05) is 27.2 Å². The lowest BCUT2D eigenvalue weighted by molar-refractivity contribution is -0.385. The third-order valence-corrected chi connectivity index (χ3v) is 3.00. The van der Waals surface area contributed by atoms with Gasteiger partial charge in [0.05, 0.1) is 11.5 Å². The van der Waals surface area contributed by atoms with Gasteiger partial charge in [-0.2, -0.15) is 0 Å². The Kier molecular flexibility index (Phi) is 6.10. The zero-order chi connectivity index (χ0) is 15.1. The quantitative estimate of drug-likeness (QED) is 0.281. The largest absolute Gasteiger partial charge is 0.461 e. The molecule has 0 aliphatic heterocycles. The Hall–Kier alpha value is -1.96. The summed E-state index contributed by atoms with van der Waals surface area (Å²) in [5.41, 5.74) is 0.230. The number of nitrogens with zero attached hydrogens (tertiary/aromatic N) is 2. The monoisotopic (exact) mass is 344 g/mol. The Bertz CT molecular complexity index is 545. The second-order valence-corrected chi connectivity index (χ2v) is 4.71. The topological polar surface area (TPSA) is 102 Å². The Morgan fingerprint density at radius 1 is 1.55 bits per heavy atom. The predicted molar refractivity (Wildman–Crippen MR) is 75.0 cm³/mol. The van der Waals surface area contributed by atoms with Crippen molar-refractivity contribution in [3.63, 3.8) is 0 Å². The van der Waals surface area contributed by atoms with E-state index in [1.807, 2.05) is 0 Å². The van der Waals surface area contributed by atoms with Crippen molar-refractivity contribution in [2.75, 3.05) is 6.61 Å². The average Bonchev–Trinajstić information content (AvgIpc) is 2.41. The maximum absolute atomic E-state index is 11.4. The van der Waals surface area contributed by atoms with E-state index in [1.54, 1.807) is 19.1 Å². The Balaban J connectivity index is 2.84. The van der Waals surface area contributed by atoms with Crippen LogP contribution in [0.1, 0.15) is 18.9 Å². The normalized spacial score (nSPS) is 11.2. The predicted octanol–water partition coefficient (Wildman–Crippen LogP) is 2.68. The van der Waals surface area contributed by atoms with Crippen LogP contribution in [-0.2, 0) is 16.0 Å². The average molecular weight is 345 g/mol. The smallest absolute Gasteiger partial charge is 0.356 e. The zero-order valence-electron chi connectivity index (χ0n) is 10.7. The summed E-state index contributed by atoms with van der Waals surface area (Å²) in [4.78, 5) is 21.9. The summed E-state index contributed by atoms with van der Waals surface area (Å²) in [6, 6.07) is 4.64. The molecule has 0 aromatic heterocycles. The number of hydrogen-bond donors (Lipinski definition) is 1. The van der Waals surface area contributed by atoms with E-state index in [0.717, 1.165) is 0 Å². The number of carbonyl (C=O) groups excluding carboxylic acids is 1. The second-order valence-electron chi connectivity index (χ2n) is 3.80. The maximum atomic E-state index is 11.4. The molecule has 0 aliphatic carbocycles. The van der Waals surface area contributed by atoms with Crippen LogP contribution in [0.3, 0.4) is 0 Å². The van der Waals surface area contributed by atoms with Gasteiger partial charge in [0, 0.05) is 22.5 Å². The molecular weight excluding hydrogens is 332 g/mol. The molecule has 8 heteroatoms. The van der Waals surface area contributed by atoms with Crippen LogP contribution in [0, 0.1) is 10.1 Å². The molecule has 0 atom stereocenters. The highest BCUT2D eigenvalue weighted by molar-refractivity contribution is 9.10. The van der Waals surface area contributed by atoms with Gasteiger partial charge in [-0.25, -0.2) is 4.79 Å². The van der Waals surface area contributed by atoms with Gasteiger partial charge in [0.25, 0.3) is 5.69 Å². The molecule has 0 amide bonds. The maximum Gasteiger partial charge on any atom is 0.356 e. The van der Waals surface area contributed by atoms with Crippen LogP contribution in [0.25, 0.3) is 0 Å². The zero-order valence-corrected chi connectivity index (χ0v) is 12.3. The number of hydrogen-bond acceptors (Lipinski definition) is 6. The summed E-state index contributed by atoms with van der Waals surface area (Å²) < 4.78 is 5.30. The van der Waals surface area contributed by atoms with E-state index >= 15 is 0 Å². The minimum absolute atomic E-state index is 0.0534. The summed E-state index contributed by atoms with van der Waals surface area (Å²) in [6.45, 7) is 1.79. The van der Waals surface area contributed by atoms with Gasteiger partial charge in [0.2, 0.25) is 0 Å². The molecule has 20 heavy (non-hydrogen) atoms. The standard InChI is InChI=1S/C12H13BrN2O5/c1-2-20-12(16)10(14-17)6-4-8-3-5-9(13)7-11(8)15(18)19/h3,5,7,17H,2,4,6H2,1H3. The van der Waals surface area contributed by atoms with Crippen molar-refractivity contribution < 1.29 is 19.7 Å². The third-order valence-electron chi connectivity index (χ3n) is 2.51. The van der Waals surface area contributed by atoms with Crippen LogP contribution in [-0.4, -0.2) is 28.4 Å². The molecule has 0 aliphatic rings. The minimum atomic E-state index is -0.727.